The summed E-state index contributed by atoms with van der Waals surface area (Å²) in [5, 5.41) is 8.06. The Morgan fingerprint density at radius 2 is 1.59 bits per heavy atom. The minimum absolute atomic E-state index is 0.0425. The second kappa shape index (κ2) is 8.93. The fourth-order valence-electron chi connectivity index (χ4n) is 3.11. The number of oxazole rings is 1. The van der Waals surface area contributed by atoms with E-state index < -0.39 is 5.97 Å². The summed E-state index contributed by atoms with van der Waals surface area (Å²) in [4.78, 5) is 17.1. The predicted octanol–water partition coefficient (Wildman–Crippen LogP) is 3.91. The first-order valence-corrected chi connectivity index (χ1v) is 9.84. The third-order valence-corrected chi connectivity index (χ3v) is 4.97. The number of aromatic nitrogens is 4. The van der Waals surface area contributed by atoms with Gasteiger partial charge in [0.2, 0.25) is 5.89 Å². The molecule has 4 rings (SSSR count). The number of methoxy groups -OCH3 is 2. The lowest BCUT2D eigenvalue weighted by Gasteiger charge is -2.05. The zero-order chi connectivity index (χ0) is 22.7. The maximum atomic E-state index is 12.6. The second-order valence-corrected chi connectivity index (χ2v) is 6.96. The molecule has 4 aromatic rings. The largest absolute Gasteiger partial charge is 0.497 e. The van der Waals surface area contributed by atoms with Crippen LogP contribution in [-0.2, 0) is 11.3 Å². The van der Waals surface area contributed by atoms with Gasteiger partial charge in [-0.05, 0) is 62.4 Å². The average molecular weight is 434 g/mol. The molecule has 0 radical (unpaired) electrons. The molecule has 9 nitrogen and oxygen atoms in total. The van der Waals surface area contributed by atoms with Crippen LogP contribution in [0, 0.1) is 13.8 Å². The van der Waals surface area contributed by atoms with Crippen molar-refractivity contribution in [3.05, 3.63) is 71.4 Å². The van der Waals surface area contributed by atoms with E-state index in [-0.39, 0.29) is 12.3 Å². The Hall–Kier alpha value is -4.14. The highest BCUT2D eigenvalue weighted by Crippen LogP contribution is 2.24. The van der Waals surface area contributed by atoms with Crippen LogP contribution in [0.5, 0.6) is 11.5 Å². The molecular formula is C23H22N4O5. The Bertz CT molecular complexity index is 1230. The van der Waals surface area contributed by atoms with Gasteiger partial charge in [-0.15, -0.1) is 5.10 Å². The zero-order valence-electron chi connectivity index (χ0n) is 18.2. The number of rotatable bonds is 7. The van der Waals surface area contributed by atoms with Crippen molar-refractivity contribution in [2.24, 2.45) is 0 Å². The van der Waals surface area contributed by atoms with Gasteiger partial charge in [-0.2, -0.15) is 0 Å². The summed E-state index contributed by atoms with van der Waals surface area (Å²) in [6.07, 6.45) is 0. The molecule has 0 aliphatic heterocycles. The summed E-state index contributed by atoms with van der Waals surface area (Å²) >= 11 is 0. The number of ether oxygens (including phenoxy) is 3. The van der Waals surface area contributed by atoms with Gasteiger partial charge in [-0.25, -0.2) is 14.5 Å². The monoisotopic (exact) mass is 434 g/mol. The standard InChI is InChI=1S/C23H22N4O5/c1-14-21(25-26-27(14)17-7-11-19(30-4)12-8-17)23(28)31-13-20-15(2)32-22(24-20)16-5-9-18(29-3)10-6-16/h5-12H,13H2,1-4H3. The van der Waals surface area contributed by atoms with Crippen molar-refractivity contribution < 1.29 is 23.4 Å². The smallest absolute Gasteiger partial charge is 0.361 e. The van der Waals surface area contributed by atoms with Gasteiger partial charge in [0, 0.05) is 5.56 Å². The lowest BCUT2D eigenvalue weighted by molar-refractivity contribution is 0.0459. The van der Waals surface area contributed by atoms with Gasteiger partial charge in [0.15, 0.2) is 5.69 Å². The molecule has 0 saturated carbocycles. The van der Waals surface area contributed by atoms with E-state index in [1.165, 1.54) is 0 Å². The maximum Gasteiger partial charge on any atom is 0.361 e. The maximum absolute atomic E-state index is 12.6. The average Bonchev–Trinajstić information content (AvgIpc) is 3.40. The molecule has 2 heterocycles. The Morgan fingerprint density at radius 3 is 2.22 bits per heavy atom. The summed E-state index contributed by atoms with van der Waals surface area (Å²) < 4.78 is 23.1. The van der Waals surface area contributed by atoms with Gasteiger partial charge in [0.25, 0.3) is 0 Å². The van der Waals surface area contributed by atoms with Gasteiger partial charge in [0.05, 0.1) is 25.6 Å². The number of benzene rings is 2. The highest BCUT2D eigenvalue weighted by Gasteiger charge is 2.20. The van der Waals surface area contributed by atoms with Crippen molar-refractivity contribution in [1.29, 1.82) is 0 Å². The molecule has 0 atom stereocenters. The Labute approximate surface area is 184 Å². The van der Waals surface area contributed by atoms with Gasteiger partial charge in [-0.1, -0.05) is 5.21 Å². The Balaban J connectivity index is 1.46. The fourth-order valence-corrected chi connectivity index (χ4v) is 3.11. The molecule has 0 unspecified atom stereocenters. The summed E-state index contributed by atoms with van der Waals surface area (Å²) in [6, 6.07) is 14.6. The molecule has 0 fully saturated rings. The van der Waals surface area contributed by atoms with Gasteiger partial charge in [0.1, 0.15) is 29.6 Å². The number of carbonyl (C=O) groups is 1. The van der Waals surface area contributed by atoms with E-state index in [1.54, 1.807) is 32.7 Å². The summed E-state index contributed by atoms with van der Waals surface area (Å²) in [5.41, 5.74) is 2.79. The number of hydrogen-bond donors (Lipinski definition) is 0. The highest BCUT2D eigenvalue weighted by molar-refractivity contribution is 5.88. The van der Waals surface area contributed by atoms with Gasteiger partial charge < -0.3 is 18.6 Å². The molecule has 0 spiro atoms. The van der Waals surface area contributed by atoms with Crippen LogP contribution in [0.2, 0.25) is 0 Å². The molecule has 9 heteroatoms. The number of esters is 1. The van der Waals surface area contributed by atoms with Crippen molar-refractivity contribution in [3.8, 4) is 28.6 Å². The van der Waals surface area contributed by atoms with E-state index in [0.717, 1.165) is 22.7 Å². The van der Waals surface area contributed by atoms with Crippen LogP contribution in [0.3, 0.4) is 0 Å². The Morgan fingerprint density at radius 1 is 0.969 bits per heavy atom. The number of nitrogens with zero attached hydrogens (tertiary/aromatic N) is 4. The number of hydrogen-bond acceptors (Lipinski definition) is 8. The van der Waals surface area contributed by atoms with E-state index in [0.29, 0.717) is 23.0 Å². The number of aryl methyl sites for hydroxylation is 1. The quantitative estimate of drug-likeness (QED) is 0.404. The van der Waals surface area contributed by atoms with Crippen LogP contribution >= 0.6 is 0 Å². The normalized spacial score (nSPS) is 10.8. The predicted molar refractivity (Wildman–Crippen MR) is 115 cm³/mol. The number of carbonyl (C=O) groups excluding carboxylic acids is 1. The third kappa shape index (κ3) is 4.18. The molecule has 0 aliphatic carbocycles. The summed E-state index contributed by atoms with van der Waals surface area (Å²) in [5.74, 6) is 1.89. The van der Waals surface area contributed by atoms with E-state index in [1.807, 2.05) is 48.5 Å². The molecule has 32 heavy (non-hydrogen) atoms. The van der Waals surface area contributed by atoms with E-state index in [4.69, 9.17) is 18.6 Å². The zero-order valence-corrected chi connectivity index (χ0v) is 18.2. The van der Waals surface area contributed by atoms with Crippen LogP contribution in [-0.4, -0.2) is 40.2 Å². The van der Waals surface area contributed by atoms with Crippen LogP contribution in [0.25, 0.3) is 17.1 Å². The van der Waals surface area contributed by atoms with Crippen molar-refractivity contribution in [1.82, 2.24) is 20.0 Å². The summed E-state index contributed by atoms with van der Waals surface area (Å²) in [7, 11) is 3.20. The van der Waals surface area contributed by atoms with Crippen LogP contribution in [0.1, 0.15) is 27.6 Å². The van der Waals surface area contributed by atoms with Crippen molar-refractivity contribution in [2.45, 2.75) is 20.5 Å². The first kappa shape index (κ1) is 21.1. The lowest BCUT2D eigenvalue weighted by Crippen LogP contribution is -2.09. The first-order chi connectivity index (χ1) is 15.5. The Kier molecular flexibility index (Phi) is 5.89. The second-order valence-electron chi connectivity index (χ2n) is 6.96. The molecule has 0 bridgehead atoms. The van der Waals surface area contributed by atoms with Gasteiger partial charge in [-0.3, -0.25) is 0 Å². The molecule has 0 saturated heterocycles. The molecule has 2 aromatic carbocycles. The third-order valence-electron chi connectivity index (χ3n) is 4.97. The molecular weight excluding hydrogens is 412 g/mol. The molecule has 164 valence electrons. The molecule has 2 aromatic heterocycles. The van der Waals surface area contributed by atoms with E-state index in [9.17, 15) is 4.79 Å². The minimum Gasteiger partial charge on any atom is -0.497 e. The van der Waals surface area contributed by atoms with Crippen molar-refractivity contribution >= 4 is 5.97 Å². The minimum atomic E-state index is -0.587. The summed E-state index contributed by atoms with van der Waals surface area (Å²) in [6.45, 7) is 3.48. The SMILES string of the molecule is COc1ccc(-c2nc(COC(=O)c3nnn(-c4ccc(OC)cc4)c3C)c(C)o2)cc1. The van der Waals surface area contributed by atoms with Crippen LogP contribution in [0.15, 0.2) is 52.9 Å². The van der Waals surface area contributed by atoms with Gasteiger partial charge >= 0.3 is 5.97 Å². The van der Waals surface area contributed by atoms with Crippen LogP contribution < -0.4 is 9.47 Å². The first-order valence-electron chi connectivity index (χ1n) is 9.84. The van der Waals surface area contributed by atoms with Crippen LogP contribution in [0.4, 0.5) is 0 Å². The molecule has 0 N–H and O–H groups in total. The van der Waals surface area contributed by atoms with E-state index in [2.05, 4.69) is 15.3 Å². The van der Waals surface area contributed by atoms with E-state index >= 15 is 0 Å². The fraction of sp³-hybridized carbons (Fsp3) is 0.217. The topological polar surface area (TPSA) is 102 Å². The van der Waals surface area contributed by atoms with Crippen molar-refractivity contribution in [2.75, 3.05) is 14.2 Å². The molecule has 0 aliphatic rings. The lowest BCUT2D eigenvalue weighted by atomic mass is 10.2. The van der Waals surface area contributed by atoms with Crippen molar-refractivity contribution in [3.63, 3.8) is 0 Å². The molecule has 0 amide bonds. The highest BCUT2D eigenvalue weighted by atomic mass is 16.5.